The first-order valence-electron chi connectivity index (χ1n) is 8.24. The van der Waals surface area contributed by atoms with Crippen molar-refractivity contribution in [2.24, 2.45) is 0 Å². The van der Waals surface area contributed by atoms with Gasteiger partial charge in [0.25, 0.3) is 0 Å². The maximum atomic E-state index is 5.99. The molecule has 4 heteroatoms. The van der Waals surface area contributed by atoms with Crippen LogP contribution in [0.25, 0.3) is 0 Å². The average Bonchev–Trinajstić information content (AvgIpc) is 3.06. The highest BCUT2D eigenvalue weighted by atomic mass is 79.9. The summed E-state index contributed by atoms with van der Waals surface area (Å²) in [5, 5.41) is 3.54. The summed E-state index contributed by atoms with van der Waals surface area (Å²) < 4.78 is 7.10. The highest BCUT2D eigenvalue weighted by molar-refractivity contribution is 9.10. The molecule has 23 heavy (non-hydrogen) atoms. The minimum atomic E-state index is 0.168. The normalized spacial score (nSPS) is 21.0. The number of hydrogen-bond donors (Lipinski definition) is 1. The molecule has 1 N–H and O–H groups in total. The Morgan fingerprint density at radius 3 is 2.91 bits per heavy atom. The number of anilines is 1. The highest BCUT2D eigenvalue weighted by Gasteiger charge is 2.23. The van der Waals surface area contributed by atoms with Gasteiger partial charge in [-0.25, -0.2) is 0 Å². The van der Waals surface area contributed by atoms with Gasteiger partial charge in [-0.1, -0.05) is 46.3 Å². The summed E-state index contributed by atoms with van der Waals surface area (Å²) in [5.41, 5.74) is 5.49. The number of nitrogens with zero attached hydrogens (tertiary/aromatic N) is 1. The molecule has 0 bridgehead atoms. The van der Waals surface area contributed by atoms with Crippen LogP contribution < -0.4 is 5.32 Å². The molecule has 1 saturated heterocycles. The molecule has 1 unspecified atom stereocenters. The first-order valence-corrected chi connectivity index (χ1v) is 9.03. The Labute approximate surface area is 145 Å². The summed E-state index contributed by atoms with van der Waals surface area (Å²) in [6.45, 7) is 4.80. The number of hydrogen-bond acceptors (Lipinski definition) is 3. The van der Waals surface area contributed by atoms with Crippen molar-refractivity contribution in [1.29, 1.82) is 0 Å². The number of nitrogens with one attached hydrogen (secondary N) is 1. The number of fused-ring (bicyclic) bond motifs is 1. The lowest BCUT2D eigenvalue weighted by Crippen LogP contribution is -2.37. The molecule has 0 aromatic heterocycles. The van der Waals surface area contributed by atoms with Gasteiger partial charge in [-0.05, 0) is 35.2 Å². The molecular weight excluding hydrogens is 352 g/mol. The molecule has 3 nitrogen and oxygen atoms in total. The van der Waals surface area contributed by atoms with Crippen molar-refractivity contribution in [3.8, 4) is 0 Å². The van der Waals surface area contributed by atoms with Crippen molar-refractivity contribution >= 4 is 21.6 Å². The van der Waals surface area contributed by atoms with Crippen LogP contribution in [0.15, 0.2) is 46.9 Å². The second-order valence-electron chi connectivity index (χ2n) is 6.27. The van der Waals surface area contributed by atoms with Crippen LogP contribution >= 0.6 is 15.9 Å². The lowest BCUT2D eigenvalue weighted by molar-refractivity contribution is -0.0328. The zero-order valence-electron chi connectivity index (χ0n) is 13.1. The zero-order valence-corrected chi connectivity index (χ0v) is 14.7. The molecule has 0 amide bonds. The number of morpholine rings is 1. The van der Waals surface area contributed by atoms with E-state index in [1.54, 1.807) is 0 Å². The third kappa shape index (κ3) is 3.30. The fraction of sp³-hybridized carbons (Fsp3) is 0.368. The minimum absolute atomic E-state index is 0.168. The fourth-order valence-corrected chi connectivity index (χ4v) is 3.77. The van der Waals surface area contributed by atoms with E-state index in [4.69, 9.17) is 4.74 Å². The predicted molar refractivity (Wildman–Crippen MR) is 96.7 cm³/mol. The molecule has 2 aliphatic rings. The van der Waals surface area contributed by atoms with Gasteiger partial charge in [-0.3, -0.25) is 4.90 Å². The van der Waals surface area contributed by atoms with E-state index < -0.39 is 0 Å². The van der Waals surface area contributed by atoms with Gasteiger partial charge >= 0.3 is 0 Å². The third-order valence-corrected chi connectivity index (χ3v) is 5.25. The zero-order chi connectivity index (χ0) is 15.6. The van der Waals surface area contributed by atoms with E-state index in [1.165, 1.54) is 22.4 Å². The van der Waals surface area contributed by atoms with Gasteiger partial charge in [0.2, 0.25) is 0 Å². The van der Waals surface area contributed by atoms with E-state index >= 15 is 0 Å². The maximum Gasteiger partial charge on any atom is 0.0952 e. The Morgan fingerprint density at radius 2 is 2.04 bits per heavy atom. The largest absolute Gasteiger partial charge is 0.384 e. The molecule has 0 aliphatic carbocycles. The molecule has 2 heterocycles. The second-order valence-corrected chi connectivity index (χ2v) is 7.19. The first kappa shape index (κ1) is 15.2. The van der Waals surface area contributed by atoms with Crippen molar-refractivity contribution in [3.05, 3.63) is 63.6 Å². The van der Waals surface area contributed by atoms with Gasteiger partial charge in [-0.15, -0.1) is 0 Å². The summed E-state index contributed by atoms with van der Waals surface area (Å²) in [5.74, 6) is 0. The molecular formula is C19H21BrN2O. The van der Waals surface area contributed by atoms with Crippen molar-refractivity contribution < 1.29 is 4.74 Å². The van der Waals surface area contributed by atoms with Crippen LogP contribution in [0.3, 0.4) is 0 Å². The molecule has 1 fully saturated rings. The molecule has 2 aromatic carbocycles. The number of para-hydroxylation sites is 1. The Morgan fingerprint density at radius 1 is 1.17 bits per heavy atom. The second kappa shape index (κ2) is 6.63. The van der Waals surface area contributed by atoms with Crippen LogP contribution in [0.5, 0.6) is 0 Å². The maximum absolute atomic E-state index is 5.99. The lowest BCUT2D eigenvalue weighted by Gasteiger charge is -2.33. The van der Waals surface area contributed by atoms with E-state index in [0.29, 0.717) is 0 Å². The Hall–Kier alpha value is -1.36. The third-order valence-electron chi connectivity index (χ3n) is 4.72. The molecule has 120 valence electrons. The summed E-state index contributed by atoms with van der Waals surface area (Å²) in [6.07, 6.45) is 1.31. The van der Waals surface area contributed by atoms with Crippen molar-refractivity contribution in [1.82, 2.24) is 4.90 Å². The van der Waals surface area contributed by atoms with Crippen LogP contribution in [0.1, 0.15) is 22.8 Å². The topological polar surface area (TPSA) is 24.5 Å². The molecule has 0 radical (unpaired) electrons. The van der Waals surface area contributed by atoms with E-state index in [2.05, 4.69) is 68.6 Å². The van der Waals surface area contributed by atoms with Gasteiger partial charge in [0.1, 0.15) is 0 Å². The molecule has 0 saturated carbocycles. The number of ether oxygens (including phenoxy) is 1. The van der Waals surface area contributed by atoms with Gasteiger partial charge < -0.3 is 10.1 Å². The Balaban J connectivity index is 1.48. The van der Waals surface area contributed by atoms with Crippen LogP contribution in [-0.2, 0) is 17.7 Å². The first-order chi connectivity index (χ1) is 11.3. The summed E-state index contributed by atoms with van der Waals surface area (Å²) in [6, 6.07) is 15.2. The monoisotopic (exact) mass is 372 g/mol. The van der Waals surface area contributed by atoms with E-state index in [9.17, 15) is 0 Å². The van der Waals surface area contributed by atoms with Gasteiger partial charge in [0, 0.05) is 36.3 Å². The van der Waals surface area contributed by atoms with Crippen LogP contribution in [0.2, 0.25) is 0 Å². The van der Waals surface area contributed by atoms with Crippen LogP contribution in [0.4, 0.5) is 5.69 Å². The van der Waals surface area contributed by atoms with Crippen molar-refractivity contribution in [2.75, 3.05) is 31.6 Å². The van der Waals surface area contributed by atoms with E-state index in [-0.39, 0.29) is 6.10 Å². The van der Waals surface area contributed by atoms with E-state index in [1.807, 2.05) is 0 Å². The van der Waals surface area contributed by atoms with E-state index in [0.717, 1.165) is 43.7 Å². The quantitative estimate of drug-likeness (QED) is 0.881. The lowest BCUT2D eigenvalue weighted by atomic mass is 10.1. The van der Waals surface area contributed by atoms with Gasteiger partial charge in [0.05, 0.1) is 12.7 Å². The van der Waals surface area contributed by atoms with Crippen LogP contribution in [-0.4, -0.2) is 31.1 Å². The fourth-order valence-electron chi connectivity index (χ4n) is 3.51. The Bertz CT molecular complexity index is 686. The van der Waals surface area contributed by atoms with Crippen molar-refractivity contribution in [3.63, 3.8) is 0 Å². The molecule has 0 spiro atoms. The average molecular weight is 373 g/mol. The SMILES string of the molecule is Brc1ccc(C2CN(Cc3cccc4c3NCC4)CCO2)cc1. The summed E-state index contributed by atoms with van der Waals surface area (Å²) >= 11 is 3.50. The highest BCUT2D eigenvalue weighted by Crippen LogP contribution is 2.29. The number of halogens is 1. The molecule has 1 atom stereocenters. The van der Waals surface area contributed by atoms with Gasteiger partial charge in [0.15, 0.2) is 0 Å². The summed E-state index contributed by atoms with van der Waals surface area (Å²) in [4.78, 5) is 2.51. The number of rotatable bonds is 3. The van der Waals surface area contributed by atoms with Crippen molar-refractivity contribution in [2.45, 2.75) is 19.1 Å². The molecule has 4 rings (SSSR count). The molecule has 2 aromatic rings. The minimum Gasteiger partial charge on any atom is -0.384 e. The smallest absolute Gasteiger partial charge is 0.0952 e. The van der Waals surface area contributed by atoms with Gasteiger partial charge in [-0.2, -0.15) is 0 Å². The Kier molecular flexibility index (Phi) is 4.38. The number of benzene rings is 2. The predicted octanol–water partition coefficient (Wildman–Crippen LogP) is 3.99. The standard InChI is InChI=1S/C19H21BrN2O/c20-17-6-4-14(5-7-17)18-13-22(10-11-23-18)12-16-3-1-2-15-8-9-21-19(15)16/h1-7,18,21H,8-13H2. The molecule has 2 aliphatic heterocycles. The summed E-state index contributed by atoms with van der Waals surface area (Å²) in [7, 11) is 0. The van der Waals surface area contributed by atoms with Crippen LogP contribution in [0, 0.1) is 0 Å².